The van der Waals surface area contributed by atoms with Crippen LogP contribution in [0.5, 0.6) is 0 Å². The van der Waals surface area contributed by atoms with E-state index in [4.69, 9.17) is 23.2 Å². The Bertz CT molecular complexity index is 1200. The van der Waals surface area contributed by atoms with E-state index in [9.17, 15) is 18.0 Å². The van der Waals surface area contributed by atoms with E-state index in [1.54, 1.807) is 23.1 Å². The van der Waals surface area contributed by atoms with E-state index in [0.29, 0.717) is 13.1 Å². The number of likely N-dealkylation sites (tertiary alicyclic amines) is 1. The van der Waals surface area contributed by atoms with Gasteiger partial charge in [0.05, 0.1) is 15.7 Å². The van der Waals surface area contributed by atoms with Crippen molar-refractivity contribution in [1.29, 1.82) is 0 Å². The largest absolute Gasteiger partial charge is 0.367 e. The molecule has 0 atom stereocenters. The lowest BCUT2D eigenvalue weighted by Crippen LogP contribution is -2.38. The number of ketones is 2. The molecule has 162 valence electrons. The highest BCUT2D eigenvalue weighted by molar-refractivity contribution is 7.97. The number of carbonyl (C=O) groups is 2. The van der Waals surface area contributed by atoms with Crippen LogP contribution in [0.2, 0.25) is 10.0 Å². The first kappa shape index (κ1) is 21.9. The first-order chi connectivity index (χ1) is 14.8. The molecule has 2 aromatic rings. The van der Waals surface area contributed by atoms with Gasteiger partial charge in [-0.25, -0.2) is 8.42 Å². The topological polar surface area (TPSA) is 83.6 Å². The summed E-state index contributed by atoms with van der Waals surface area (Å²) in [5.74, 6) is -1.14. The molecule has 1 saturated heterocycles. The number of nitrogens with one attached hydrogen (secondary N) is 1. The van der Waals surface area contributed by atoms with Gasteiger partial charge < -0.3 is 4.90 Å². The van der Waals surface area contributed by atoms with Crippen molar-refractivity contribution < 1.29 is 18.0 Å². The number of nitrogens with zero attached hydrogens (tertiary/aromatic N) is 1. The van der Waals surface area contributed by atoms with Gasteiger partial charge in [-0.1, -0.05) is 60.3 Å². The second-order valence-electron chi connectivity index (χ2n) is 7.52. The van der Waals surface area contributed by atoms with Crippen LogP contribution in [0.3, 0.4) is 0 Å². The zero-order valence-electron chi connectivity index (χ0n) is 16.5. The van der Waals surface area contributed by atoms with Crippen LogP contribution in [0.4, 0.5) is 5.69 Å². The summed E-state index contributed by atoms with van der Waals surface area (Å²) in [6.45, 7) is 1.03. The zero-order chi connectivity index (χ0) is 22.2. The third-order valence-corrected chi connectivity index (χ3v) is 7.58. The second-order valence-corrected chi connectivity index (χ2v) is 9.95. The van der Waals surface area contributed by atoms with Gasteiger partial charge in [0, 0.05) is 24.2 Å². The molecule has 0 bridgehead atoms. The fourth-order valence-electron chi connectivity index (χ4n) is 3.94. The summed E-state index contributed by atoms with van der Waals surface area (Å²) in [7, 11) is -4.39. The molecule has 0 unspecified atom stereocenters. The molecular weight excluding hydrogens is 459 g/mol. The predicted molar refractivity (Wildman–Crippen MR) is 121 cm³/mol. The lowest BCUT2D eigenvalue weighted by molar-refractivity contribution is 0.0947. The standard InChI is InChI=1S/C22H20Cl2N2O4S/c23-17-10-9-14(13-18(17)24)25-31(29,30)22-19(26-11-5-1-2-6-12-26)20(27)15-7-3-4-8-16(15)21(22)28/h3-4,7-10,13,25H,1-2,5-6,11-12H2. The second kappa shape index (κ2) is 8.65. The van der Waals surface area contributed by atoms with Crippen molar-refractivity contribution >= 4 is 50.5 Å². The minimum atomic E-state index is -4.39. The summed E-state index contributed by atoms with van der Waals surface area (Å²) in [4.78, 5) is 28.0. The van der Waals surface area contributed by atoms with Crippen molar-refractivity contribution in [3.05, 3.63) is 74.2 Å². The molecule has 1 aliphatic heterocycles. The quantitative estimate of drug-likeness (QED) is 0.675. The molecule has 9 heteroatoms. The molecule has 1 heterocycles. The third kappa shape index (κ3) is 4.22. The number of Topliss-reactive ketones (excluding diaryl/α,β-unsaturated/α-hetero) is 2. The van der Waals surface area contributed by atoms with E-state index in [1.165, 1.54) is 24.3 Å². The maximum Gasteiger partial charge on any atom is 0.268 e. The Morgan fingerprint density at radius 3 is 2.03 bits per heavy atom. The van der Waals surface area contributed by atoms with E-state index < -0.39 is 26.5 Å². The Labute approximate surface area is 190 Å². The smallest absolute Gasteiger partial charge is 0.268 e. The van der Waals surface area contributed by atoms with Crippen molar-refractivity contribution in [2.45, 2.75) is 25.7 Å². The summed E-state index contributed by atoms with van der Waals surface area (Å²) >= 11 is 11.9. The first-order valence-corrected chi connectivity index (χ1v) is 12.2. The Kier molecular flexibility index (Phi) is 6.10. The summed E-state index contributed by atoms with van der Waals surface area (Å²) in [6.07, 6.45) is 3.62. The third-order valence-electron chi connectivity index (χ3n) is 5.42. The van der Waals surface area contributed by atoms with Gasteiger partial charge in [-0.2, -0.15) is 0 Å². The molecule has 4 rings (SSSR count). The summed E-state index contributed by atoms with van der Waals surface area (Å²) in [6, 6.07) is 10.6. The van der Waals surface area contributed by atoms with Crippen molar-refractivity contribution in [2.24, 2.45) is 0 Å². The number of rotatable bonds is 4. The number of sulfonamides is 1. The van der Waals surface area contributed by atoms with E-state index in [2.05, 4.69) is 4.72 Å². The van der Waals surface area contributed by atoms with Gasteiger partial charge in [-0.3, -0.25) is 14.3 Å². The first-order valence-electron chi connectivity index (χ1n) is 9.95. The van der Waals surface area contributed by atoms with Crippen LogP contribution in [-0.4, -0.2) is 38.0 Å². The van der Waals surface area contributed by atoms with Gasteiger partial charge in [-0.05, 0) is 31.0 Å². The monoisotopic (exact) mass is 478 g/mol. The Hall–Kier alpha value is -2.35. The number of allylic oxidation sites excluding steroid dienone is 2. The van der Waals surface area contributed by atoms with Gasteiger partial charge in [0.2, 0.25) is 11.6 Å². The van der Waals surface area contributed by atoms with Gasteiger partial charge in [0.15, 0.2) is 4.91 Å². The number of hydrogen-bond donors (Lipinski definition) is 1. The highest BCUT2D eigenvalue weighted by atomic mass is 35.5. The van der Waals surface area contributed by atoms with Gasteiger partial charge in [0.1, 0.15) is 5.70 Å². The van der Waals surface area contributed by atoms with Crippen LogP contribution in [0.1, 0.15) is 46.4 Å². The minimum Gasteiger partial charge on any atom is -0.367 e. The molecule has 2 aliphatic rings. The molecule has 6 nitrogen and oxygen atoms in total. The average Bonchev–Trinajstić information content (AvgIpc) is 3.02. The fraction of sp³-hybridized carbons (Fsp3) is 0.273. The summed E-state index contributed by atoms with van der Waals surface area (Å²) in [5, 5.41) is 0.437. The maximum absolute atomic E-state index is 13.4. The van der Waals surface area contributed by atoms with Crippen molar-refractivity contribution in [3.63, 3.8) is 0 Å². The van der Waals surface area contributed by atoms with E-state index in [0.717, 1.165) is 25.7 Å². The van der Waals surface area contributed by atoms with Crippen molar-refractivity contribution in [3.8, 4) is 0 Å². The molecule has 0 saturated carbocycles. The maximum atomic E-state index is 13.4. The Balaban J connectivity index is 1.86. The van der Waals surface area contributed by atoms with Crippen molar-refractivity contribution in [2.75, 3.05) is 17.8 Å². The van der Waals surface area contributed by atoms with Crippen LogP contribution in [0.15, 0.2) is 53.1 Å². The van der Waals surface area contributed by atoms with Crippen LogP contribution >= 0.6 is 23.2 Å². The number of anilines is 1. The fourth-order valence-corrected chi connectivity index (χ4v) is 5.60. The number of fused-ring (bicyclic) bond motifs is 1. The average molecular weight is 479 g/mol. The Morgan fingerprint density at radius 1 is 0.806 bits per heavy atom. The van der Waals surface area contributed by atoms with Crippen LogP contribution in [0.25, 0.3) is 0 Å². The molecule has 0 amide bonds. The number of carbonyl (C=O) groups excluding carboxylic acids is 2. The minimum absolute atomic E-state index is 0.0573. The number of hydrogen-bond acceptors (Lipinski definition) is 5. The zero-order valence-corrected chi connectivity index (χ0v) is 18.9. The van der Waals surface area contributed by atoms with Gasteiger partial charge in [0.25, 0.3) is 10.0 Å². The number of halogens is 2. The van der Waals surface area contributed by atoms with Crippen LogP contribution < -0.4 is 4.72 Å². The van der Waals surface area contributed by atoms with E-state index in [1.807, 2.05) is 0 Å². The molecule has 31 heavy (non-hydrogen) atoms. The molecule has 0 spiro atoms. The molecule has 0 aromatic heterocycles. The summed E-state index contributed by atoms with van der Waals surface area (Å²) in [5.41, 5.74) is 0.398. The van der Waals surface area contributed by atoms with E-state index >= 15 is 0 Å². The molecule has 1 N–H and O–H groups in total. The molecular formula is C22H20Cl2N2O4S. The molecule has 0 radical (unpaired) electrons. The molecule has 1 fully saturated rings. The lowest BCUT2D eigenvalue weighted by Gasteiger charge is -2.30. The summed E-state index contributed by atoms with van der Waals surface area (Å²) < 4.78 is 29.2. The highest BCUT2D eigenvalue weighted by Gasteiger charge is 2.41. The normalized spacial score (nSPS) is 17.4. The van der Waals surface area contributed by atoms with Crippen LogP contribution in [0, 0.1) is 0 Å². The van der Waals surface area contributed by atoms with E-state index in [-0.39, 0.29) is 32.6 Å². The van der Waals surface area contributed by atoms with Crippen LogP contribution in [-0.2, 0) is 10.0 Å². The number of benzene rings is 2. The Morgan fingerprint density at radius 2 is 1.42 bits per heavy atom. The van der Waals surface area contributed by atoms with Crippen molar-refractivity contribution in [1.82, 2.24) is 4.90 Å². The lowest BCUT2D eigenvalue weighted by atomic mass is 9.91. The van der Waals surface area contributed by atoms with Gasteiger partial charge >= 0.3 is 0 Å². The molecule has 1 aliphatic carbocycles. The SMILES string of the molecule is O=C1C(N2CCCCCC2)=C(S(=O)(=O)Nc2ccc(Cl)c(Cl)c2)C(=O)c2ccccc21. The van der Waals surface area contributed by atoms with Gasteiger partial charge in [-0.15, -0.1) is 0 Å². The predicted octanol–water partition coefficient (Wildman–Crippen LogP) is 4.90. The molecule has 2 aromatic carbocycles. The highest BCUT2D eigenvalue weighted by Crippen LogP contribution is 2.34.